The first-order valence-corrected chi connectivity index (χ1v) is 2.82. The molecule has 1 aliphatic carbocycles. The van der Waals surface area contributed by atoms with Gasteiger partial charge in [0.2, 0.25) is 0 Å². The molecule has 0 saturated heterocycles. The lowest BCUT2D eigenvalue weighted by Gasteiger charge is -2.34. The van der Waals surface area contributed by atoms with Crippen molar-refractivity contribution in [3.8, 4) is 5.92 Å². The standard InChI is InChI=1S/C7H9O/c1-3-7(8-2)5-4-6-7/h4-6H2,2H3. The Morgan fingerprint density at radius 1 is 1.62 bits per heavy atom. The van der Waals surface area contributed by atoms with Gasteiger partial charge in [-0.15, -0.1) is 0 Å². The first-order chi connectivity index (χ1) is 3.83. The molecule has 0 aromatic rings. The maximum absolute atomic E-state index is 6.83. The Hall–Kier alpha value is -0.480. The van der Waals surface area contributed by atoms with E-state index in [2.05, 4.69) is 5.92 Å². The summed E-state index contributed by atoms with van der Waals surface area (Å²) in [5, 5.41) is 0. The molecule has 1 rings (SSSR count). The van der Waals surface area contributed by atoms with Crippen LogP contribution in [0.1, 0.15) is 19.3 Å². The van der Waals surface area contributed by atoms with Gasteiger partial charge >= 0.3 is 0 Å². The van der Waals surface area contributed by atoms with Crippen LogP contribution in [0.3, 0.4) is 0 Å². The van der Waals surface area contributed by atoms with Gasteiger partial charge in [0.05, 0.1) is 0 Å². The zero-order valence-electron chi connectivity index (χ0n) is 5.03. The van der Waals surface area contributed by atoms with Gasteiger partial charge in [-0.1, -0.05) is 5.92 Å². The summed E-state index contributed by atoms with van der Waals surface area (Å²) in [7, 11) is 1.64. The third kappa shape index (κ3) is 0.617. The summed E-state index contributed by atoms with van der Waals surface area (Å²) in [4.78, 5) is 0. The fourth-order valence-electron chi connectivity index (χ4n) is 0.878. The minimum absolute atomic E-state index is 0.278. The van der Waals surface area contributed by atoms with Crippen molar-refractivity contribution in [1.29, 1.82) is 0 Å². The quantitative estimate of drug-likeness (QED) is 0.459. The molecule has 0 unspecified atom stereocenters. The minimum Gasteiger partial charge on any atom is -0.366 e. The topological polar surface area (TPSA) is 9.23 Å². The van der Waals surface area contributed by atoms with Crippen LogP contribution in [-0.4, -0.2) is 12.7 Å². The summed E-state index contributed by atoms with van der Waals surface area (Å²) in [5.41, 5.74) is -0.278. The van der Waals surface area contributed by atoms with E-state index in [9.17, 15) is 0 Å². The van der Waals surface area contributed by atoms with Gasteiger partial charge in [0.25, 0.3) is 0 Å². The van der Waals surface area contributed by atoms with E-state index in [4.69, 9.17) is 11.2 Å². The fraction of sp³-hybridized carbons (Fsp3) is 0.714. The van der Waals surface area contributed by atoms with Crippen molar-refractivity contribution >= 4 is 0 Å². The van der Waals surface area contributed by atoms with Gasteiger partial charge < -0.3 is 4.74 Å². The van der Waals surface area contributed by atoms with Gasteiger partial charge in [-0.2, -0.15) is 0 Å². The molecule has 0 aromatic heterocycles. The highest BCUT2D eigenvalue weighted by molar-refractivity contribution is 5.09. The van der Waals surface area contributed by atoms with Crippen molar-refractivity contribution in [2.75, 3.05) is 7.11 Å². The van der Waals surface area contributed by atoms with Crippen molar-refractivity contribution < 1.29 is 4.74 Å². The van der Waals surface area contributed by atoms with Gasteiger partial charge in [0.15, 0.2) is 0 Å². The van der Waals surface area contributed by atoms with E-state index >= 15 is 0 Å². The Morgan fingerprint density at radius 3 is 2.25 bits per heavy atom. The molecule has 1 radical (unpaired) electrons. The highest BCUT2D eigenvalue weighted by Crippen LogP contribution is 2.33. The average molecular weight is 109 g/mol. The third-order valence-corrected chi connectivity index (χ3v) is 1.78. The van der Waals surface area contributed by atoms with Crippen molar-refractivity contribution in [2.45, 2.75) is 24.9 Å². The average Bonchev–Trinajstić information content (AvgIpc) is 1.67. The molecule has 1 saturated carbocycles. The highest BCUT2D eigenvalue weighted by Gasteiger charge is 2.34. The Balaban J connectivity index is 2.49. The summed E-state index contributed by atoms with van der Waals surface area (Å²) < 4.78 is 5.02. The first-order valence-electron chi connectivity index (χ1n) is 2.82. The van der Waals surface area contributed by atoms with E-state index in [0.717, 1.165) is 12.8 Å². The maximum atomic E-state index is 6.83. The van der Waals surface area contributed by atoms with Crippen molar-refractivity contribution in [2.24, 2.45) is 0 Å². The van der Waals surface area contributed by atoms with E-state index < -0.39 is 0 Å². The summed E-state index contributed by atoms with van der Waals surface area (Å²) in [6.07, 6.45) is 9.97. The maximum Gasteiger partial charge on any atom is 0.129 e. The van der Waals surface area contributed by atoms with Crippen molar-refractivity contribution in [1.82, 2.24) is 0 Å². The van der Waals surface area contributed by atoms with Gasteiger partial charge in [0, 0.05) is 7.11 Å². The number of ether oxygens (including phenoxy) is 1. The molecule has 0 bridgehead atoms. The molecule has 1 aliphatic rings. The van der Waals surface area contributed by atoms with Crippen LogP contribution in [-0.2, 0) is 4.74 Å². The molecule has 0 aromatic carbocycles. The van der Waals surface area contributed by atoms with Crippen LogP contribution in [0, 0.1) is 12.3 Å². The lowest BCUT2D eigenvalue weighted by atomic mass is 9.81. The van der Waals surface area contributed by atoms with Crippen molar-refractivity contribution in [3.05, 3.63) is 6.42 Å². The fourth-order valence-corrected chi connectivity index (χ4v) is 0.878. The lowest BCUT2D eigenvalue weighted by molar-refractivity contribution is -0.0216. The SMILES string of the molecule is [C]#CC1(OC)CCC1. The van der Waals surface area contributed by atoms with Gasteiger partial charge in [0.1, 0.15) is 5.60 Å². The molecule has 1 nitrogen and oxygen atoms in total. The molecular formula is C7H9O. The minimum atomic E-state index is -0.278. The smallest absolute Gasteiger partial charge is 0.129 e. The number of hydrogen-bond donors (Lipinski definition) is 0. The molecule has 0 spiro atoms. The van der Waals surface area contributed by atoms with E-state index in [1.54, 1.807) is 7.11 Å². The van der Waals surface area contributed by atoms with Crippen molar-refractivity contribution in [3.63, 3.8) is 0 Å². The van der Waals surface area contributed by atoms with E-state index in [-0.39, 0.29) is 5.60 Å². The van der Waals surface area contributed by atoms with Crippen LogP contribution in [0.25, 0.3) is 0 Å². The van der Waals surface area contributed by atoms with Gasteiger partial charge in [-0.25, -0.2) is 0 Å². The molecule has 8 heavy (non-hydrogen) atoms. The van der Waals surface area contributed by atoms with Crippen LogP contribution in [0.2, 0.25) is 0 Å². The number of hydrogen-bond acceptors (Lipinski definition) is 1. The Morgan fingerprint density at radius 2 is 2.25 bits per heavy atom. The second-order valence-electron chi connectivity index (χ2n) is 2.18. The Bertz CT molecular complexity index is 111. The summed E-state index contributed by atoms with van der Waals surface area (Å²) in [6, 6.07) is 0. The summed E-state index contributed by atoms with van der Waals surface area (Å²) >= 11 is 0. The Kier molecular flexibility index (Phi) is 1.27. The molecule has 0 heterocycles. The zero-order valence-corrected chi connectivity index (χ0v) is 5.03. The molecule has 0 aliphatic heterocycles. The monoisotopic (exact) mass is 109 g/mol. The van der Waals surface area contributed by atoms with Crippen LogP contribution in [0.5, 0.6) is 0 Å². The zero-order chi connectivity index (χ0) is 6.04. The highest BCUT2D eigenvalue weighted by atomic mass is 16.5. The number of rotatable bonds is 1. The lowest BCUT2D eigenvalue weighted by Crippen LogP contribution is -2.36. The van der Waals surface area contributed by atoms with Crippen LogP contribution in [0.15, 0.2) is 0 Å². The van der Waals surface area contributed by atoms with Crippen LogP contribution >= 0.6 is 0 Å². The molecule has 0 atom stereocenters. The van der Waals surface area contributed by atoms with Crippen LogP contribution in [0.4, 0.5) is 0 Å². The largest absolute Gasteiger partial charge is 0.366 e. The normalized spacial score (nSPS) is 23.5. The third-order valence-electron chi connectivity index (χ3n) is 1.78. The van der Waals surface area contributed by atoms with E-state index in [1.165, 1.54) is 6.42 Å². The molecule has 0 N–H and O–H groups in total. The second kappa shape index (κ2) is 1.80. The Labute approximate surface area is 50.0 Å². The van der Waals surface area contributed by atoms with Crippen LogP contribution < -0.4 is 0 Å². The van der Waals surface area contributed by atoms with Gasteiger partial charge in [-0.05, 0) is 25.7 Å². The first kappa shape index (κ1) is 5.65. The molecule has 43 valence electrons. The van der Waals surface area contributed by atoms with E-state index in [0.29, 0.717) is 0 Å². The summed E-state index contributed by atoms with van der Waals surface area (Å²) in [5.74, 6) is 2.39. The summed E-state index contributed by atoms with van der Waals surface area (Å²) in [6.45, 7) is 0. The molecule has 1 fully saturated rings. The number of methoxy groups -OCH3 is 1. The molecule has 1 heteroatoms. The molecular weight excluding hydrogens is 100 g/mol. The predicted molar refractivity (Wildman–Crippen MR) is 30.7 cm³/mol. The van der Waals surface area contributed by atoms with E-state index in [1.807, 2.05) is 0 Å². The predicted octanol–water partition coefficient (Wildman–Crippen LogP) is 1.15. The molecule has 0 amide bonds. The van der Waals surface area contributed by atoms with Gasteiger partial charge in [-0.3, -0.25) is 0 Å². The second-order valence-corrected chi connectivity index (χ2v) is 2.18.